The van der Waals surface area contributed by atoms with Crippen molar-refractivity contribution < 1.29 is 14.6 Å². The van der Waals surface area contributed by atoms with Gasteiger partial charge in [0.1, 0.15) is 6.61 Å². The molecule has 3 aliphatic heterocycles. The highest BCUT2D eigenvalue weighted by Crippen LogP contribution is 2.45. The van der Waals surface area contributed by atoms with Gasteiger partial charge >= 0.3 is 0 Å². The number of anilines is 2. The number of piperidine rings is 1. The summed E-state index contributed by atoms with van der Waals surface area (Å²) in [5, 5.41) is 13.8. The number of likely N-dealkylation sites (tertiary alicyclic amines) is 1. The molecule has 0 atom stereocenters. The van der Waals surface area contributed by atoms with Crippen LogP contribution in [0.1, 0.15) is 31.7 Å². The average Bonchev–Trinajstić information content (AvgIpc) is 3.04. The number of rotatable bonds is 6. The first-order valence-corrected chi connectivity index (χ1v) is 11.5. The highest BCUT2D eigenvalue weighted by molar-refractivity contribution is 6.31. The summed E-state index contributed by atoms with van der Waals surface area (Å²) in [5.41, 5.74) is 0.834. The number of aliphatic hydroxyl groups is 1. The van der Waals surface area contributed by atoms with E-state index in [9.17, 15) is 9.90 Å². The molecule has 0 aliphatic carbocycles. The van der Waals surface area contributed by atoms with Gasteiger partial charge in [0.15, 0.2) is 5.75 Å². The smallest absolute Gasteiger partial charge is 0.235 e. The zero-order valence-electron chi connectivity index (χ0n) is 18.2. The molecule has 1 amide bonds. The maximum Gasteiger partial charge on any atom is 0.235 e. The lowest BCUT2D eigenvalue weighted by molar-refractivity contribution is -0.122. The van der Waals surface area contributed by atoms with Crippen LogP contribution < -0.4 is 15.0 Å². The second-order valence-electron chi connectivity index (χ2n) is 9.07. The van der Waals surface area contributed by atoms with Crippen molar-refractivity contribution >= 4 is 29.1 Å². The highest BCUT2D eigenvalue weighted by atomic mass is 35.5. The van der Waals surface area contributed by atoms with Crippen LogP contribution >= 0.6 is 11.6 Å². The van der Waals surface area contributed by atoms with E-state index in [-0.39, 0.29) is 5.91 Å². The van der Waals surface area contributed by atoms with Gasteiger partial charge in [-0.3, -0.25) is 9.69 Å². The van der Waals surface area contributed by atoms with Gasteiger partial charge in [0.05, 0.1) is 36.5 Å². The van der Waals surface area contributed by atoms with Crippen molar-refractivity contribution in [3.63, 3.8) is 0 Å². The summed E-state index contributed by atoms with van der Waals surface area (Å²) in [5.74, 6) is 1.33. The number of halogens is 1. The van der Waals surface area contributed by atoms with Gasteiger partial charge in [-0.1, -0.05) is 18.5 Å². The lowest BCUT2D eigenvalue weighted by Gasteiger charge is -2.45. The molecule has 3 aliphatic rings. The predicted octanol–water partition coefficient (Wildman–Crippen LogP) is 2.46. The van der Waals surface area contributed by atoms with Crippen molar-refractivity contribution in [2.45, 2.75) is 37.2 Å². The number of aromatic nitrogens is 2. The van der Waals surface area contributed by atoms with E-state index in [2.05, 4.69) is 20.2 Å². The second kappa shape index (κ2) is 8.17. The lowest BCUT2D eigenvalue weighted by Crippen LogP contribution is -2.62. The third-order valence-electron chi connectivity index (χ3n) is 7.09. The summed E-state index contributed by atoms with van der Waals surface area (Å²) in [6.07, 6.45) is 5.63. The number of β-amino-alcohol motifs (C(OH)–C–C–N with tert-alkyl or cyclic N) is 1. The normalized spacial score (nSPS) is 21.2. The number of benzene rings is 1. The minimum atomic E-state index is -0.612. The Kier molecular flexibility index (Phi) is 5.47. The van der Waals surface area contributed by atoms with E-state index < -0.39 is 11.0 Å². The first kappa shape index (κ1) is 21.4. The predicted molar refractivity (Wildman–Crippen MR) is 122 cm³/mol. The summed E-state index contributed by atoms with van der Waals surface area (Å²) < 4.78 is 5.84. The number of ether oxygens (including phenoxy) is 1. The standard InChI is InChI=1S/C23H28ClN5O3/c1-2-22(31)14-29(15-22)21-25-12-17(13-26-21)32-10-9-28-7-5-23(6-8-28)18-11-16(24)3-4-19(18)27-20(23)30/h3-4,11-13,31H,2,5-10,14-15H2,1H3,(H,27,30). The molecule has 8 nitrogen and oxygen atoms in total. The molecule has 2 fully saturated rings. The number of carbonyl (C=O) groups is 1. The molecule has 2 saturated heterocycles. The Morgan fingerprint density at radius 3 is 2.62 bits per heavy atom. The van der Waals surface area contributed by atoms with Crippen LogP contribution in [0.15, 0.2) is 30.6 Å². The van der Waals surface area contributed by atoms with Crippen LogP contribution in [-0.4, -0.2) is 70.8 Å². The van der Waals surface area contributed by atoms with Crippen LogP contribution in [0.5, 0.6) is 5.75 Å². The van der Waals surface area contributed by atoms with Crippen molar-refractivity contribution in [1.82, 2.24) is 14.9 Å². The van der Waals surface area contributed by atoms with E-state index in [0.717, 1.165) is 50.1 Å². The van der Waals surface area contributed by atoms with Crippen LogP contribution in [0, 0.1) is 0 Å². The Morgan fingerprint density at radius 1 is 1.22 bits per heavy atom. The number of amides is 1. The van der Waals surface area contributed by atoms with E-state index in [1.807, 2.05) is 30.0 Å². The van der Waals surface area contributed by atoms with Crippen LogP contribution in [0.4, 0.5) is 11.6 Å². The summed E-state index contributed by atoms with van der Waals surface area (Å²) >= 11 is 6.20. The van der Waals surface area contributed by atoms with Crippen LogP contribution in [0.3, 0.4) is 0 Å². The molecule has 0 unspecified atom stereocenters. The Labute approximate surface area is 192 Å². The molecule has 1 spiro atoms. The number of nitrogens with zero attached hydrogens (tertiary/aromatic N) is 4. The molecule has 5 rings (SSSR count). The van der Waals surface area contributed by atoms with Gasteiger partial charge in [-0.2, -0.15) is 0 Å². The number of hydrogen-bond acceptors (Lipinski definition) is 7. The van der Waals surface area contributed by atoms with Gasteiger partial charge in [0.2, 0.25) is 11.9 Å². The zero-order valence-corrected chi connectivity index (χ0v) is 18.9. The number of hydrogen-bond donors (Lipinski definition) is 2. The molecule has 1 aromatic heterocycles. The summed E-state index contributed by atoms with van der Waals surface area (Å²) in [7, 11) is 0. The number of fused-ring (bicyclic) bond motifs is 2. The van der Waals surface area contributed by atoms with Crippen LogP contribution in [0.25, 0.3) is 0 Å². The molecule has 0 bridgehead atoms. The summed E-state index contributed by atoms with van der Waals surface area (Å²) in [4.78, 5) is 25.8. The average molecular weight is 458 g/mol. The molecule has 0 saturated carbocycles. The summed E-state index contributed by atoms with van der Waals surface area (Å²) in [6, 6.07) is 5.64. The van der Waals surface area contributed by atoms with Crippen LogP contribution in [-0.2, 0) is 10.2 Å². The fraction of sp³-hybridized carbons (Fsp3) is 0.522. The first-order valence-electron chi connectivity index (χ1n) is 11.2. The molecule has 170 valence electrons. The molecule has 32 heavy (non-hydrogen) atoms. The number of nitrogens with one attached hydrogen (secondary N) is 1. The fourth-order valence-corrected chi connectivity index (χ4v) is 5.08. The SMILES string of the molecule is CCC1(O)CN(c2ncc(OCCN3CCC4(CC3)C(=O)Nc3ccc(Cl)cc34)cn2)C1. The molecule has 9 heteroatoms. The Morgan fingerprint density at radius 2 is 1.94 bits per heavy atom. The van der Waals surface area contributed by atoms with Gasteiger partial charge in [0.25, 0.3) is 0 Å². The number of carbonyl (C=O) groups excluding carboxylic acids is 1. The molecular formula is C23H28ClN5O3. The Hall–Kier alpha value is -2.42. The van der Waals surface area contributed by atoms with Crippen molar-refractivity contribution in [3.05, 3.63) is 41.2 Å². The molecule has 2 aromatic rings. The van der Waals surface area contributed by atoms with E-state index in [4.69, 9.17) is 16.3 Å². The van der Waals surface area contributed by atoms with Crippen molar-refractivity contribution in [3.8, 4) is 5.75 Å². The molecule has 2 N–H and O–H groups in total. The zero-order chi connectivity index (χ0) is 22.3. The molecule has 4 heterocycles. The van der Waals surface area contributed by atoms with Crippen LogP contribution in [0.2, 0.25) is 5.02 Å². The van der Waals surface area contributed by atoms with Gasteiger partial charge in [0, 0.05) is 17.3 Å². The van der Waals surface area contributed by atoms with E-state index in [1.165, 1.54) is 0 Å². The monoisotopic (exact) mass is 457 g/mol. The Balaban J connectivity index is 1.10. The maximum absolute atomic E-state index is 12.8. The maximum atomic E-state index is 12.8. The third-order valence-corrected chi connectivity index (χ3v) is 7.33. The van der Waals surface area contributed by atoms with Crippen molar-refractivity contribution in [2.24, 2.45) is 0 Å². The lowest BCUT2D eigenvalue weighted by atomic mass is 9.73. The first-order chi connectivity index (χ1) is 15.4. The second-order valence-corrected chi connectivity index (χ2v) is 9.51. The van der Waals surface area contributed by atoms with E-state index in [0.29, 0.717) is 36.4 Å². The van der Waals surface area contributed by atoms with E-state index >= 15 is 0 Å². The van der Waals surface area contributed by atoms with Crippen molar-refractivity contribution in [2.75, 3.05) is 49.5 Å². The quantitative estimate of drug-likeness (QED) is 0.688. The minimum Gasteiger partial charge on any atom is -0.489 e. The van der Waals surface area contributed by atoms with Gasteiger partial charge in [-0.25, -0.2) is 9.97 Å². The fourth-order valence-electron chi connectivity index (χ4n) is 4.91. The highest BCUT2D eigenvalue weighted by Gasteiger charge is 2.48. The van der Waals surface area contributed by atoms with Gasteiger partial charge < -0.3 is 20.1 Å². The topological polar surface area (TPSA) is 90.8 Å². The molecular weight excluding hydrogens is 430 g/mol. The largest absolute Gasteiger partial charge is 0.489 e. The minimum absolute atomic E-state index is 0.0856. The van der Waals surface area contributed by atoms with Crippen molar-refractivity contribution in [1.29, 1.82) is 0 Å². The Bertz CT molecular complexity index is 1000. The van der Waals surface area contributed by atoms with Gasteiger partial charge in [-0.15, -0.1) is 0 Å². The van der Waals surface area contributed by atoms with Gasteiger partial charge in [-0.05, 0) is 56.1 Å². The third kappa shape index (κ3) is 3.80. The summed E-state index contributed by atoms with van der Waals surface area (Å²) in [6.45, 7) is 6.07. The van der Waals surface area contributed by atoms with E-state index in [1.54, 1.807) is 12.4 Å². The molecule has 1 aromatic carbocycles. The molecule has 0 radical (unpaired) electrons.